The summed E-state index contributed by atoms with van der Waals surface area (Å²) >= 11 is 0. The van der Waals surface area contributed by atoms with E-state index < -0.39 is 0 Å². The minimum absolute atomic E-state index is 0.206. The van der Waals surface area contributed by atoms with Crippen molar-refractivity contribution >= 4 is 10.2 Å². The van der Waals surface area contributed by atoms with Gasteiger partial charge in [0.15, 0.2) is 0 Å². The molecule has 0 bridgehead atoms. The number of nitrogens with one attached hydrogen (secondary N) is 1. The van der Waals surface area contributed by atoms with Crippen molar-refractivity contribution in [3.63, 3.8) is 0 Å². The molecule has 0 saturated heterocycles. The Morgan fingerprint density at radius 1 is 1.17 bits per heavy atom. The first-order valence-corrected chi connectivity index (χ1v) is 5.89. The van der Waals surface area contributed by atoms with Crippen molar-refractivity contribution in [1.82, 2.24) is 5.32 Å². The molecule has 0 aromatic carbocycles. The van der Waals surface area contributed by atoms with Gasteiger partial charge in [0, 0.05) is 23.5 Å². The molecule has 0 heterocycles. The van der Waals surface area contributed by atoms with Crippen molar-refractivity contribution in [3.05, 3.63) is 0 Å². The van der Waals surface area contributed by atoms with Crippen LogP contribution in [0.3, 0.4) is 0 Å². The standard InChI is InChI=1S/C8H21NO2Si/c1-4-7(12)9-8(10-5-2)11-6-3/h7-9H,4-6H2,1-3,12H3. The van der Waals surface area contributed by atoms with Crippen LogP contribution < -0.4 is 5.32 Å². The maximum absolute atomic E-state index is 5.34. The summed E-state index contributed by atoms with van der Waals surface area (Å²) in [5, 5.41) is 3.29. The summed E-state index contributed by atoms with van der Waals surface area (Å²) in [6, 6.07) is 0. The van der Waals surface area contributed by atoms with Gasteiger partial charge in [0.1, 0.15) is 0 Å². The highest BCUT2D eigenvalue weighted by Gasteiger charge is 2.09. The fourth-order valence-electron chi connectivity index (χ4n) is 0.797. The van der Waals surface area contributed by atoms with Crippen LogP contribution in [0, 0.1) is 0 Å². The molecule has 4 heteroatoms. The van der Waals surface area contributed by atoms with Gasteiger partial charge in [0.2, 0.25) is 6.41 Å². The van der Waals surface area contributed by atoms with Crippen molar-refractivity contribution in [2.45, 2.75) is 39.3 Å². The number of ether oxygens (including phenoxy) is 2. The van der Waals surface area contributed by atoms with E-state index in [0.29, 0.717) is 18.9 Å². The lowest BCUT2D eigenvalue weighted by atomic mass is 10.5. The van der Waals surface area contributed by atoms with Crippen LogP contribution in [0.2, 0.25) is 0 Å². The Hall–Kier alpha value is 0.0969. The van der Waals surface area contributed by atoms with Gasteiger partial charge < -0.3 is 9.47 Å². The summed E-state index contributed by atoms with van der Waals surface area (Å²) in [6.45, 7) is 7.49. The second-order valence-corrected chi connectivity index (χ2v) is 4.11. The van der Waals surface area contributed by atoms with Gasteiger partial charge in [-0.3, -0.25) is 5.32 Å². The van der Waals surface area contributed by atoms with Gasteiger partial charge in [0.05, 0.1) is 0 Å². The third-order valence-corrected chi connectivity index (χ3v) is 2.82. The first-order valence-electron chi connectivity index (χ1n) is 4.73. The Morgan fingerprint density at radius 3 is 2.00 bits per heavy atom. The molecule has 1 N–H and O–H groups in total. The lowest BCUT2D eigenvalue weighted by Crippen LogP contribution is -2.41. The zero-order valence-electron chi connectivity index (χ0n) is 8.59. The van der Waals surface area contributed by atoms with Gasteiger partial charge in [-0.1, -0.05) is 6.92 Å². The molecule has 0 saturated carbocycles. The van der Waals surface area contributed by atoms with Gasteiger partial charge >= 0.3 is 0 Å². The summed E-state index contributed by atoms with van der Waals surface area (Å²) in [6.07, 6.45) is 0.936. The van der Waals surface area contributed by atoms with E-state index in [2.05, 4.69) is 12.2 Å². The van der Waals surface area contributed by atoms with E-state index in [0.717, 1.165) is 16.7 Å². The predicted octanol–water partition coefficient (Wildman–Crippen LogP) is 0.0341. The van der Waals surface area contributed by atoms with Crippen LogP contribution in [0.1, 0.15) is 27.2 Å². The van der Waals surface area contributed by atoms with Crippen molar-refractivity contribution in [2.24, 2.45) is 0 Å². The summed E-state index contributed by atoms with van der Waals surface area (Å²) < 4.78 is 10.7. The highest BCUT2D eigenvalue weighted by atomic mass is 28.1. The molecule has 3 nitrogen and oxygen atoms in total. The highest BCUT2D eigenvalue weighted by Crippen LogP contribution is 1.94. The van der Waals surface area contributed by atoms with E-state index in [4.69, 9.17) is 9.47 Å². The molecule has 0 aromatic rings. The van der Waals surface area contributed by atoms with Crippen molar-refractivity contribution in [3.8, 4) is 0 Å². The lowest BCUT2D eigenvalue weighted by molar-refractivity contribution is -0.156. The van der Waals surface area contributed by atoms with Gasteiger partial charge in [-0.05, 0) is 25.9 Å². The van der Waals surface area contributed by atoms with Crippen LogP contribution in [0.5, 0.6) is 0 Å². The van der Waals surface area contributed by atoms with E-state index in [-0.39, 0.29) is 6.41 Å². The average molecular weight is 191 g/mol. The predicted molar refractivity (Wildman–Crippen MR) is 54.2 cm³/mol. The van der Waals surface area contributed by atoms with Crippen LogP contribution in [0.4, 0.5) is 0 Å². The maximum Gasteiger partial charge on any atom is 0.215 e. The number of hydrogen-bond donors (Lipinski definition) is 1. The SMILES string of the molecule is CCOC(NC([SiH3])CC)OCC. The molecule has 0 aliphatic heterocycles. The minimum atomic E-state index is -0.206. The Balaban J connectivity index is 3.61. The third kappa shape index (κ3) is 5.71. The molecular weight excluding hydrogens is 170 g/mol. The van der Waals surface area contributed by atoms with Crippen LogP contribution in [0.25, 0.3) is 0 Å². The quantitative estimate of drug-likeness (QED) is 0.455. The van der Waals surface area contributed by atoms with Crippen molar-refractivity contribution in [2.75, 3.05) is 13.2 Å². The van der Waals surface area contributed by atoms with Crippen LogP contribution in [-0.4, -0.2) is 35.5 Å². The normalized spacial score (nSPS) is 14.0. The largest absolute Gasteiger partial charge is 0.340 e. The van der Waals surface area contributed by atoms with Crippen LogP contribution in [-0.2, 0) is 9.47 Å². The van der Waals surface area contributed by atoms with Crippen molar-refractivity contribution in [1.29, 1.82) is 0 Å². The molecule has 74 valence electrons. The van der Waals surface area contributed by atoms with E-state index in [1.54, 1.807) is 0 Å². The fraction of sp³-hybridized carbons (Fsp3) is 1.00. The Morgan fingerprint density at radius 2 is 1.67 bits per heavy atom. The molecule has 0 rings (SSSR count). The zero-order chi connectivity index (χ0) is 9.40. The molecule has 0 fully saturated rings. The van der Waals surface area contributed by atoms with E-state index in [1.807, 2.05) is 13.8 Å². The average Bonchev–Trinajstić information content (AvgIpc) is 2.05. The smallest absolute Gasteiger partial charge is 0.215 e. The van der Waals surface area contributed by atoms with Gasteiger partial charge in [-0.2, -0.15) is 0 Å². The molecule has 12 heavy (non-hydrogen) atoms. The molecule has 0 radical (unpaired) electrons. The molecule has 0 spiro atoms. The minimum Gasteiger partial charge on any atom is -0.340 e. The van der Waals surface area contributed by atoms with Gasteiger partial charge in [0.25, 0.3) is 0 Å². The maximum atomic E-state index is 5.34. The summed E-state index contributed by atoms with van der Waals surface area (Å²) in [4.78, 5) is 0. The summed E-state index contributed by atoms with van der Waals surface area (Å²) in [5.74, 6) is 0. The molecule has 1 atom stereocenters. The molecular formula is C8H21NO2Si. The van der Waals surface area contributed by atoms with Gasteiger partial charge in [-0.25, -0.2) is 0 Å². The fourth-order valence-corrected chi connectivity index (χ4v) is 1.07. The second kappa shape index (κ2) is 7.73. The highest BCUT2D eigenvalue weighted by molar-refractivity contribution is 6.11. The first kappa shape index (κ1) is 12.1. The van der Waals surface area contributed by atoms with Gasteiger partial charge in [-0.15, -0.1) is 0 Å². The molecule has 0 aliphatic carbocycles. The molecule has 1 unspecified atom stereocenters. The number of hydrogen-bond acceptors (Lipinski definition) is 3. The Bertz CT molecular complexity index is 97.1. The monoisotopic (exact) mass is 191 g/mol. The molecule has 0 amide bonds. The van der Waals surface area contributed by atoms with E-state index >= 15 is 0 Å². The van der Waals surface area contributed by atoms with E-state index in [1.165, 1.54) is 0 Å². The first-order chi connectivity index (χ1) is 5.74. The van der Waals surface area contributed by atoms with Crippen molar-refractivity contribution < 1.29 is 9.47 Å². The Kier molecular flexibility index (Phi) is 7.79. The van der Waals surface area contributed by atoms with Crippen LogP contribution >= 0.6 is 0 Å². The number of rotatable bonds is 7. The summed E-state index contributed by atoms with van der Waals surface area (Å²) in [5.41, 5.74) is 0.577. The summed E-state index contributed by atoms with van der Waals surface area (Å²) in [7, 11) is 1.13. The second-order valence-electron chi connectivity index (χ2n) is 2.72. The topological polar surface area (TPSA) is 30.5 Å². The Labute approximate surface area is 78.2 Å². The zero-order valence-corrected chi connectivity index (χ0v) is 10.6. The third-order valence-electron chi connectivity index (χ3n) is 1.67. The molecule has 0 aliphatic rings. The lowest BCUT2D eigenvalue weighted by Gasteiger charge is -2.21. The van der Waals surface area contributed by atoms with Crippen LogP contribution in [0.15, 0.2) is 0 Å². The molecule has 0 aromatic heterocycles. The van der Waals surface area contributed by atoms with E-state index in [9.17, 15) is 0 Å².